The molecule has 1 amide bonds. The number of nitrogens with zero attached hydrogens (tertiary/aromatic N) is 2. The van der Waals surface area contributed by atoms with E-state index in [1.165, 1.54) is 23.1 Å². The highest BCUT2D eigenvalue weighted by Crippen LogP contribution is 2.37. The summed E-state index contributed by atoms with van der Waals surface area (Å²) >= 11 is 2.75. The average Bonchev–Trinajstić information content (AvgIpc) is 3.13. The van der Waals surface area contributed by atoms with Crippen molar-refractivity contribution in [2.75, 3.05) is 12.4 Å². The van der Waals surface area contributed by atoms with Crippen LogP contribution in [0.3, 0.4) is 0 Å². The Morgan fingerprint density at radius 2 is 2.00 bits per heavy atom. The number of methoxy groups -OCH3 is 1. The molecule has 1 atom stereocenters. The van der Waals surface area contributed by atoms with E-state index in [0.29, 0.717) is 33.4 Å². The van der Waals surface area contributed by atoms with Gasteiger partial charge in [-0.25, -0.2) is 4.98 Å². The zero-order valence-electron chi connectivity index (χ0n) is 19.2. The van der Waals surface area contributed by atoms with Crippen molar-refractivity contribution in [3.05, 3.63) is 93.6 Å². The van der Waals surface area contributed by atoms with Gasteiger partial charge in [-0.05, 0) is 37.1 Å². The van der Waals surface area contributed by atoms with E-state index in [1.54, 1.807) is 23.8 Å². The monoisotopic (exact) mass is 491 g/mol. The van der Waals surface area contributed by atoms with Gasteiger partial charge in [-0.15, -0.1) is 17.9 Å². The summed E-state index contributed by atoms with van der Waals surface area (Å²) in [5.74, 6) is 0.430. The van der Waals surface area contributed by atoms with Crippen LogP contribution in [0.1, 0.15) is 21.3 Å². The molecule has 1 unspecified atom stereocenters. The van der Waals surface area contributed by atoms with Gasteiger partial charge < -0.3 is 10.1 Å². The van der Waals surface area contributed by atoms with E-state index in [0.717, 1.165) is 16.0 Å². The Kier molecular flexibility index (Phi) is 7.19. The van der Waals surface area contributed by atoms with Crippen molar-refractivity contribution < 1.29 is 9.53 Å². The molecule has 0 radical (unpaired) electrons. The van der Waals surface area contributed by atoms with Crippen LogP contribution < -0.4 is 15.6 Å². The highest BCUT2D eigenvalue weighted by Gasteiger charge is 2.26. The molecule has 4 rings (SSSR count). The van der Waals surface area contributed by atoms with Crippen LogP contribution >= 0.6 is 23.1 Å². The predicted molar refractivity (Wildman–Crippen MR) is 140 cm³/mol. The summed E-state index contributed by atoms with van der Waals surface area (Å²) in [6.45, 7) is 8.04. The number of benzene rings is 2. The Bertz CT molecular complexity index is 1410. The minimum absolute atomic E-state index is 0.116. The number of allylic oxidation sites excluding steroid dienone is 1. The van der Waals surface area contributed by atoms with E-state index >= 15 is 0 Å². The number of rotatable bonds is 8. The highest BCUT2D eigenvalue weighted by atomic mass is 32.2. The van der Waals surface area contributed by atoms with Gasteiger partial charge in [-0.1, -0.05) is 54.2 Å². The predicted octanol–water partition coefficient (Wildman–Crippen LogP) is 5.74. The number of carbonyl (C=O) groups is 1. The molecule has 0 aliphatic heterocycles. The third-order valence-corrected chi connectivity index (χ3v) is 7.81. The molecule has 1 N–H and O–H groups in total. The van der Waals surface area contributed by atoms with E-state index in [1.807, 2.05) is 62.4 Å². The van der Waals surface area contributed by atoms with E-state index < -0.39 is 5.25 Å². The third-order valence-electron chi connectivity index (χ3n) is 5.47. The van der Waals surface area contributed by atoms with Gasteiger partial charge in [-0.3, -0.25) is 14.2 Å². The van der Waals surface area contributed by atoms with Gasteiger partial charge in [-0.2, -0.15) is 0 Å². The lowest BCUT2D eigenvalue weighted by atomic mass is 10.1. The number of thiophene rings is 1. The molecule has 2 aromatic carbocycles. The van der Waals surface area contributed by atoms with Crippen molar-refractivity contribution in [1.29, 1.82) is 0 Å². The maximum Gasteiger partial charge on any atom is 0.263 e. The van der Waals surface area contributed by atoms with Crippen LogP contribution in [0.2, 0.25) is 0 Å². The second-order valence-corrected chi connectivity index (χ2v) is 9.97. The Morgan fingerprint density at radius 3 is 2.71 bits per heavy atom. The third kappa shape index (κ3) is 4.78. The minimum Gasteiger partial charge on any atom is -0.497 e. The molecule has 0 aliphatic rings. The van der Waals surface area contributed by atoms with Crippen molar-refractivity contribution in [3.63, 3.8) is 0 Å². The molecule has 0 aliphatic carbocycles. The fourth-order valence-electron chi connectivity index (χ4n) is 3.60. The average molecular weight is 492 g/mol. The second-order valence-electron chi connectivity index (χ2n) is 7.69. The zero-order valence-corrected chi connectivity index (χ0v) is 20.8. The number of amides is 1. The molecule has 2 heterocycles. The first kappa shape index (κ1) is 23.8. The number of fused-ring (bicyclic) bond motifs is 1. The number of aryl methyl sites for hydroxylation is 2. The van der Waals surface area contributed by atoms with Crippen LogP contribution in [-0.4, -0.2) is 22.6 Å². The molecule has 0 bridgehead atoms. The number of carbonyl (C=O) groups excluding carboxylic acids is 1. The lowest BCUT2D eigenvalue weighted by Gasteiger charge is -2.19. The fraction of sp³-hybridized carbons (Fsp3) is 0.192. The molecule has 8 heteroatoms. The molecule has 174 valence electrons. The summed E-state index contributed by atoms with van der Waals surface area (Å²) < 4.78 is 6.86. The van der Waals surface area contributed by atoms with Gasteiger partial charge in [0.05, 0.1) is 12.5 Å². The standard InChI is InChI=1S/C26H25N3O3S2/c1-5-14-29-25(31)21-16(2)17(3)33-24(21)28-26(29)34-22(18-10-7-6-8-11-18)23(30)27-19-12-9-13-20(15-19)32-4/h5-13,15,22H,1,14H2,2-4H3,(H,27,30). The number of anilines is 1. The van der Waals surface area contributed by atoms with Gasteiger partial charge >= 0.3 is 0 Å². The normalized spacial score (nSPS) is 11.9. The van der Waals surface area contributed by atoms with E-state index in [4.69, 9.17) is 9.72 Å². The fourth-order valence-corrected chi connectivity index (χ4v) is 5.78. The van der Waals surface area contributed by atoms with E-state index in [9.17, 15) is 9.59 Å². The van der Waals surface area contributed by atoms with Crippen molar-refractivity contribution in [1.82, 2.24) is 9.55 Å². The van der Waals surface area contributed by atoms with Gasteiger partial charge in [0.15, 0.2) is 5.16 Å². The number of hydrogen-bond donors (Lipinski definition) is 1. The number of nitrogens with one attached hydrogen (secondary N) is 1. The van der Waals surface area contributed by atoms with Crippen molar-refractivity contribution in [2.45, 2.75) is 30.8 Å². The van der Waals surface area contributed by atoms with Crippen LogP contribution in [-0.2, 0) is 11.3 Å². The van der Waals surface area contributed by atoms with Crippen molar-refractivity contribution >= 4 is 44.9 Å². The molecular formula is C26H25N3O3S2. The topological polar surface area (TPSA) is 73.2 Å². The van der Waals surface area contributed by atoms with Crippen LogP contribution in [0.25, 0.3) is 10.2 Å². The molecule has 6 nitrogen and oxygen atoms in total. The molecule has 2 aromatic heterocycles. The summed E-state index contributed by atoms with van der Waals surface area (Å²) in [5, 5.41) is 3.46. The largest absolute Gasteiger partial charge is 0.497 e. The summed E-state index contributed by atoms with van der Waals surface area (Å²) in [6, 6.07) is 16.7. The van der Waals surface area contributed by atoms with Crippen LogP contribution in [0.5, 0.6) is 5.75 Å². The van der Waals surface area contributed by atoms with Gasteiger partial charge in [0.25, 0.3) is 5.56 Å². The van der Waals surface area contributed by atoms with Crippen LogP contribution in [0, 0.1) is 13.8 Å². The summed E-state index contributed by atoms with van der Waals surface area (Å²) in [7, 11) is 1.58. The van der Waals surface area contributed by atoms with Gasteiger partial charge in [0.1, 0.15) is 15.8 Å². The first-order valence-corrected chi connectivity index (χ1v) is 12.4. The number of hydrogen-bond acceptors (Lipinski definition) is 6. The lowest BCUT2D eigenvalue weighted by Crippen LogP contribution is -2.25. The van der Waals surface area contributed by atoms with Crippen molar-refractivity contribution in [3.8, 4) is 5.75 Å². The SMILES string of the molecule is C=CCn1c(SC(C(=O)Nc2cccc(OC)c2)c2ccccc2)nc2sc(C)c(C)c2c1=O. The lowest BCUT2D eigenvalue weighted by molar-refractivity contribution is -0.115. The second kappa shape index (κ2) is 10.3. The Labute approximate surface area is 206 Å². The van der Waals surface area contributed by atoms with Crippen LogP contribution in [0.4, 0.5) is 5.69 Å². The maximum absolute atomic E-state index is 13.5. The molecule has 0 spiro atoms. The summed E-state index contributed by atoms with van der Waals surface area (Å²) in [4.78, 5) is 33.4. The summed E-state index contributed by atoms with van der Waals surface area (Å²) in [6.07, 6.45) is 1.67. The molecule has 4 aromatic rings. The van der Waals surface area contributed by atoms with Crippen molar-refractivity contribution in [2.24, 2.45) is 0 Å². The number of thioether (sulfide) groups is 1. The van der Waals surface area contributed by atoms with Crippen LogP contribution in [0.15, 0.2) is 77.2 Å². The first-order valence-electron chi connectivity index (χ1n) is 10.7. The molecule has 0 saturated carbocycles. The van der Waals surface area contributed by atoms with E-state index in [-0.39, 0.29) is 11.5 Å². The molecule has 34 heavy (non-hydrogen) atoms. The van der Waals surface area contributed by atoms with E-state index in [2.05, 4.69) is 11.9 Å². The zero-order chi connectivity index (χ0) is 24.2. The Hall–Kier alpha value is -3.36. The Balaban J connectivity index is 1.77. The van der Waals surface area contributed by atoms with Gasteiger partial charge in [0, 0.05) is 23.2 Å². The molecule has 0 saturated heterocycles. The highest BCUT2D eigenvalue weighted by molar-refractivity contribution is 8.00. The summed E-state index contributed by atoms with van der Waals surface area (Å²) in [5.41, 5.74) is 2.27. The maximum atomic E-state index is 13.5. The number of ether oxygens (including phenoxy) is 1. The quantitative estimate of drug-likeness (QED) is 0.193. The molecular weight excluding hydrogens is 466 g/mol. The van der Waals surface area contributed by atoms with Gasteiger partial charge in [0.2, 0.25) is 5.91 Å². The Morgan fingerprint density at radius 1 is 1.24 bits per heavy atom. The molecule has 0 fully saturated rings. The minimum atomic E-state index is -0.630. The first-order chi connectivity index (χ1) is 16.4. The number of aromatic nitrogens is 2. The smallest absolute Gasteiger partial charge is 0.263 e.